The van der Waals surface area contributed by atoms with Crippen LogP contribution in [-0.4, -0.2) is 28.0 Å². The fourth-order valence-corrected chi connectivity index (χ4v) is 2.98. The fourth-order valence-electron chi connectivity index (χ4n) is 1.86. The lowest BCUT2D eigenvalue weighted by Gasteiger charge is -2.07. The lowest BCUT2D eigenvalue weighted by molar-refractivity contribution is 0.599. The average molecular weight is 338 g/mol. The van der Waals surface area contributed by atoms with E-state index in [-0.39, 0.29) is 10.7 Å². The van der Waals surface area contributed by atoms with Crippen molar-refractivity contribution in [2.45, 2.75) is 18.7 Å². The van der Waals surface area contributed by atoms with Crippen molar-refractivity contribution in [3.63, 3.8) is 0 Å². The zero-order chi connectivity index (χ0) is 15.9. The standard InChI is InChI=1S/C13H12ClN5O2S/c1-8-3-4-11(15-5-8)18-22(20,21)10-6-16-13-12(14)9(2)17-19(13)7-10/h3-7H,1-2H3,(H,15,18). The highest BCUT2D eigenvalue weighted by molar-refractivity contribution is 7.92. The number of hydrogen-bond donors (Lipinski definition) is 1. The molecule has 3 rings (SSSR count). The second-order valence-corrected chi connectivity index (χ2v) is 6.84. The van der Waals surface area contributed by atoms with Crippen molar-refractivity contribution in [1.29, 1.82) is 0 Å². The zero-order valence-corrected chi connectivity index (χ0v) is 13.4. The Morgan fingerprint density at radius 3 is 2.64 bits per heavy atom. The quantitative estimate of drug-likeness (QED) is 0.791. The molecule has 9 heteroatoms. The number of aryl methyl sites for hydroxylation is 2. The highest BCUT2D eigenvalue weighted by Gasteiger charge is 2.18. The van der Waals surface area contributed by atoms with E-state index in [2.05, 4.69) is 19.8 Å². The smallest absolute Gasteiger partial charge is 0.263 e. The highest BCUT2D eigenvalue weighted by Crippen LogP contribution is 2.21. The molecule has 1 N–H and O–H groups in total. The van der Waals surface area contributed by atoms with Gasteiger partial charge in [-0.2, -0.15) is 5.10 Å². The lowest BCUT2D eigenvalue weighted by atomic mass is 10.3. The van der Waals surface area contributed by atoms with E-state index in [9.17, 15) is 8.42 Å². The van der Waals surface area contributed by atoms with E-state index >= 15 is 0 Å². The topological polar surface area (TPSA) is 89.2 Å². The summed E-state index contributed by atoms with van der Waals surface area (Å²) >= 11 is 6.03. The molecular formula is C13H12ClN5O2S. The normalized spacial score (nSPS) is 11.8. The minimum absolute atomic E-state index is 0.0264. The van der Waals surface area contributed by atoms with E-state index in [1.54, 1.807) is 25.3 Å². The van der Waals surface area contributed by atoms with E-state index in [1.165, 1.54) is 16.9 Å². The number of hydrogen-bond acceptors (Lipinski definition) is 5. The van der Waals surface area contributed by atoms with Crippen LogP contribution in [0.25, 0.3) is 5.65 Å². The Balaban J connectivity index is 1.99. The fraction of sp³-hybridized carbons (Fsp3) is 0.154. The van der Waals surface area contributed by atoms with E-state index in [4.69, 9.17) is 11.6 Å². The van der Waals surface area contributed by atoms with Gasteiger partial charge in [-0.25, -0.2) is 22.9 Å². The molecule has 0 amide bonds. The molecule has 0 spiro atoms. The van der Waals surface area contributed by atoms with Crippen molar-refractivity contribution in [3.05, 3.63) is 47.0 Å². The van der Waals surface area contributed by atoms with Crippen molar-refractivity contribution in [3.8, 4) is 0 Å². The Hall–Kier alpha value is -2.19. The first-order chi connectivity index (χ1) is 10.4. The first-order valence-electron chi connectivity index (χ1n) is 6.33. The molecule has 7 nitrogen and oxygen atoms in total. The number of rotatable bonds is 3. The summed E-state index contributed by atoms with van der Waals surface area (Å²) < 4.78 is 28.5. The van der Waals surface area contributed by atoms with Gasteiger partial charge in [0.15, 0.2) is 5.65 Å². The maximum absolute atomic E-state index is 12.4. The van der Waals surface area contributed by atoms with Crippen LogP contribution in [0, 0.1) is 13.8 Å². The van der Waals surface area contributed by atoms with Crippen LogP contribution < -0.4 is 4.72 Å². The molecule has 0 saturated carbocycles. The molecule has 3 heterocycles. The first kappa shape index (κ1) is 14.7. The largest absolute Gasteiger partial charge is 0.266 e. The van der Waals surface area contributed by atoms with Gasteiger partial charge in [0.05, 0.1) is 18.1 Å². The molecule has 0 aliphatic heterocycles. The molecule has 0 aliphatic carbocycles. The molecule has 3 aromatic rings. The van der Waals surface area contributed by atoms with Gasteiger partial charge in [-0.05, 0) is 25.5 Å². The average Bonchev–Trinajstić information content (AvgIpc) is 2.76. The minimum atomic E-state index is -3.80. The summed E-state index contributed by atoms with van der Waals surface area (Å²) in [5.41, 5.74) is 1.93. The van der Waals surface area contributed by atoms with Crippen LogP contribution in [0.5, 0.6) is 0 Å². The van der Waals surface area contributed by atoms with Gasteiger partial charge in [-0.3, -0.25) is 4.72 Å². The van der Waals surface area contributed by atoms with Crippen LogP contribution in [0.3, 0.4) is 0 Å². The van der Waals surface area contributed by atoms with E-state index in [0.29, 0.717) is 16.4 Å². The maximum atomic E-state index is 12.4. The molecule has 114 valence electrons. The molecule has 3 aromatic heterocycles. The van der Waals surface area contributed by atoms with Crippen LogP contribution in [0.15, 0.2) is 35.6 Å². The zero-order valence-electron chi connectivity index (χ0n) is 11.8. The van der Waals surface area contributed by atoms with Crippen LogP contribution in [0.2, 0.25) is 5.02 Å². The number of halogens is 1. The molecule has 0 fully saturated rings. The molecule has 22 heavy (non-hydrogen) atoms. The molecule has 0 aromatic carbocycles. The van der Waals surface area contributed by atoms with E-state index < -0.39 is 10.0 Å². The predicted octanol–water partition coefficient (Wildman–Crippen LogP) is 2.20. The third-order valence-electron chi connectivity index (χ3n) is 3.01. The van der Waals surface area contributed by atoms with E-state index in [0.717, 1.165) is 5.56 Å². The second kappa shape index (κ2) is 5.22. The Bertz CT molecular complexity index is 950. The summed E-state index contributed by atoms with van der Waals surface area (Å²) in [4.78, 5) is 8.04. The number of pyridine rings is 1. The summed E-state index contributed by atoms with van der Waals surface area (Å²) in [5.74, 6) is 0.236. The minimum Gasteiger partial charge on any atom is -0.263 e. The highest BCUT2D eigenvalue weighted by atomic mass is 35.5. The molecule has 0 unspecified atom stereocenters. The van der Waals surface area contributed by atoms with Crippen LogP contribution in [0.4, 0.5) is 5.82 Å². The van der Waals surface area contributed by atoms with Gasteiger partial charge < -0.3 is 0 Å². The molecular weight excluding hydrogens is 326 g/mol. The number of anilines is 1. The number of nitrogens with one attached hydrogen (secondary N) is 1. The van der Waals surface area contributed by atoms with Crippen LogP contribution >= 0.6 is 11.6 Å². The van der Waals surface area contributed by atoms with Crippen molar-refractivity contribution in [1.82, 2.24) is 19.6 Å². The van der Waals surface area contributed by atoms with Crippen molar-refractivity contribution >= 4 is 33.1 Å². The third-order valence-corrected chi connectivity index (χ3v) is 4.76. The molecule has 0 aliphatic rings. The Morgan fingerprint density at radius 1 is 1.18 bits per heavy atom. The van der Waals surface area contributed by atoms with Gasteiger partial charge in [0, 0.05) is 6.20 Å². The molecule has 0 bridgehead atoms. The Morgan fingerprint density at radius 2 is 1.95 bits per heavy atom. The number of aromatic nitrogens is 4. The molecule has 0 radical (unpaired) electrons. The van der Waals surface area contributed by atoms with Gasteiger partial charge in [-0.15, -0.1) is 0 Å². The van der Waals surface area contributed by atoms with Gasteiger partial charge in [0.25, 0.3) is 10.0 Å². The maximum Gasteiger partial charge on any atom is 0.266 e. The first-order valence-corrected chi connectivity index (χ1v) is 8.19. The number of fused-ring (bicyclic) bond motifs is 1. The van der Waals surface area contributed by atoms with Crippen molar-refractivity contribution < 1.29 is 8.42 Å². The van der Waals surface area contributed by atoms with Gasteiger partial charge >= 0.3 is 0 Å². The predicted molar refractivity (Wildman–Crippen MR) is 82.5 cm³/mol. The van der Waals surface area contributed by atoms with Crippen LogP contribution in [-0.2, 0) is 10.0 Å². The summed E-state index contributed by atoms with van der Waals surface area (Å²) in [5, 5.41) is 4.52. The summed E-state index contributed by atoms with van der Waals surface area (Å²) in [6.45, 7) is 3.59. The summed E-state index contributed by atoms with van der Waals surface area (Å²) in [6.07, 6.45) is 4.17. The van der Waals surface area contributed by atoms with E-state index in [1.807, 2.05) is 6.92 Å². The van der Waals surface area contributed by atoms with Gasteiger partial charge in [-0.1, -0.05) is 17.7 Å². The third kappa shape index (κ3) is 2.62. The Labute approximate surface area is 132 Å². The molecule has 0 atom stereocenters. The van der Waals surface area contributed by atoms with Crippen molar-refractivity contribution in [2.24, 2.45) is 0 Å². The number of sulfonamides is 1. The van der Waals surface area contributed by atoms with Crippen molar-refractivity contribution in [2.75, 3.05) is 4.72 Å². The van der Waals surface area contributed by atoms with Crippen LogP contribution in [0.1, 0.15) is 11.3 Å². The lowest BCUT2D eigenvalue weighted by Crippen LogP contribution is -2.15. The monoisotopic (exact) mass is 337 g/mol. The molecule has 0 saturated heterocycles. The second-order valence-electron chi connectivity index (χ2n) is 4.78. The summed E-state index contributed by atoms with van der Waals surface area (Å²) in [6, 6.07) is 3.36. The Kier molecular flexibility index (Phi) is 3.50. The summed E-state index contributed by atoms with van der Waals surface area (Å²) in [7, 11) is -3.80. The SMILES string of the molecule is Cc1ccc(NS(=O)(=O)c2cnc3c(Cl)c(C)nn3c2)nc1. The van der Waals surface area contributed by atoms with Gasteiger partial charge in [0.1, 0.15) is 15.7 Å². The van der Waals surface area contributed by atoms with Gasteiger partial charge in [0.2, 0.25) is 0 Å². The number of nitrogens with zero attached hydrogens (tertiary/aromatic N) is 4.